The number of nitrogens with one attached hydrogen (secondary N) is 1. The van der Waals surface area contributed by atoms with Gasteiger partial charge in [-0.2, -0.15) is 0 Å². The van der Waals surface area contributed by atoms with Crippen molar-refractivity contribution < 1.29 is 17.9 Å². The number of nitrogens with zero attached hydrogens (tertiary/aromatic N) is 1. The van der Waals surface area contributed by atoms with Gasteiger partial charge in [-0.05, 0) is 12.8 Å². The second kappa shape index (κ2) is 7.76. The molecule has 3 atom stereocenters. The van der Waals surface area contributed by atoms with Crippen LogP contribution in [0.3, 0.4) is 0 Å². The topological polar surface area (TPSA) is 75.7 Å². The number of rotatable bonds is 3. The molecule has 2 rings (SSSR count). The van der Waals surface area contributed by atoms with E-state index in [0.717, 1.165) is 25.8 Å². The average Bonchev–Trinajstić information content (AvgIpc) is 2.46. The zero-order chi connectivity index (χ0) is 14.8. The van der Waals surface area contributed by atoms with Crippen molar-refractivity contribution in [3.63, 3.8) is 0 Å². The predicted octanol–water partition coefficient (Wildman–Crippen LogP) is 0.211. The van der Waals surface area contributed by atoms with Gasteiger partial charge in [0.25, 0.3) is 5.91 Å². The number of ether oxygens (including phenoxy) is 1. The van der Waals surface area contributed by atoms with Crippen LogP contribution in [0, 0.1) is 0 Å². The summed E-state index contributed by atoms with van der Waals surface area (Å²) in [4.78, 5) is 14.0. The van der Waals surface area contributed by atoms with Gasteiger partial charge < -0.3 is 15.0 Å². The van der Waals surface area contributed by atoms with Gasteiger partial charge in [-0.25, -0.2) is 8.42 Å². The van der Waals surface area contributed by atoms with E-state index in [4.69, 9.17) is 4.74 Å². The normalized spacial score (nSPS) is 30.3. The molecule has 0 radical (unpaired) electrons. The molecular formula is C13H25ClN2O4S. The molecule has 1 amide bonds. The standard InChI is InChI=1S/C13H24N2O4S.ClH/c1-15(13(16)11-9-14-7-8-19-11)10-5-3-4-6-12(10)20(2,17)18;/h10-12,14H,3-9H2,1-2H3;1H. The van der Waals surface area contributed by atoms with E-state index >= 15 is 0 Å². The molecule has 3 unspecified atom stereocenters. The van der Waals surface area contributed by atoms with Gasteiger partial charge in [0.2, 0.25) is 0 Å². The van der Waals surface area contributed by atoms with Gasteiger partial charge >= 0.3 is 0 Å². The Kier molecular flexibility index (Phi) is 6.90. The molecule has 1 aliphatic carbocycles. The number of morpholine rings is 1. The zero-order valence-corrected chi connectivity index (χ0v) is 14.2. The number of carbonyl (C=O) groups is 1. The lowest BCUT2D eigenvalue weighted by molar-refractivity contribution is -0.146. The minimum absolute atomic E-state index is 0. The first-order valence-electron chi connectivity index (χ1n) is 7.19. The van der Waals surface area contributed by atoms with E-state index in [1.165, 1.54) is 6.26 Å². The van der Waals surface area contributed by atoms with E-state index in [9.17, 15) is 13.2 Å². The third-order valence-corrected chi connectivity index (χ3v) is 5.92. The third-order valence-electron chi connectivity index (χ3n) is 4.27. The summed E-state index contributed by atoms with van der Waals surface area (Å²) in [5, 5.41) is 2.68. The minimum Gasteiger partial charge on any atom is -0.366 e. The van der Waals surface area contributed by atoms with Crippen LogP contribution in [0.2, 0.25) is 0 Å². The summed E-state index contributed by atoms with van der Waals surface area (Å²) in [6.07, 6.45) is 4.06. The number of hydrogen-bond donors (Lipinski definition) is 1. The lowest BCUT2D eigenvalue weighted by atomic mass is 9.93. The van der Waals surface area contributed by atoms with Crippen molar-refractivity contribution in [3.05, 3.63) is 0 Å². The highest BCUT2D eigenvalue weighted by Crippen LogP contribution is 2.28. The summed E-state index contributed by atoms with van der Waals surface area (Å²) in [6.45, 7) is 1.77. The summed E-state index contributed by atoms with van der Waals surface area (Å²) in [5.41, 5.74) is 0. The first kappa shape index (κ1) is 18.7. The molecule has 0 aromatic carbocycles. The maximum atomic E-state index is 12.4. The van der Waals surface area contributed by atoms with Crippen LogP contribution in [0.5, 0.6) is 0 Å². The maximum Gasteiger partial charge on any atom is 0.253 e. The molecule has 1 saturated carbocycles. The van der Waals surface area contributed by atoms with Crippen LogP contribution < -0.4 is 5.32 Å². The van der Waals surface area contributed by atoms with Gasteiger partial charge in [0, 0.05) is 32.4 Å². The first-order chi connectivity index (χ1) is 9.41. The van der Waals surface area contributed by atoms with Crippen molar-refractivity contribution in [1.29, 1.82) is 0 Å². The van der Waals surface area contributed by atoms with E-state index in [1.54, 1.807) is 11.9 Å². The second-order valence-corrected chi connectivity index (χ2v) is 8.00. The molecule has 0 bridgehead atoms. The fraction of sp³-hybridized carbons (Fsp3) is 0.923. The van der Waals surface area contributed by atoms with Crippen molar-refractivity contribution in [2.75, 3.05) is 33.0 Å². The van der Waals surface area contributed by atoms with Crippen LogP contribution in [-0.4, -0.2) is 69.6 Å². The van der Waals surface area contributed by atoms with Crippen LogP contribution in [0.1, 0.15) is 25.7 Å². The first-order valence-corrected chi connectivity index (χ1v) is 9.14. The van der Waals surface area contributed by atoms with Gasteiger partial charge in [0.1, 0.15) is 6.10 Å². The van der Waals surface area contributed by atoms with E-state index in [0.29, 0.717) is 19.6 Å². The number of carbonyl (C=O) groups excluding carboxylic acids is 1. The maximum absolute atomic E-state index is 12.4. The van der Waals surface area contributed by atoms with Crippen LogP contribution in [-0.2, 0) is 19.4 Å². The Balaban J connectivity index is 0.00000220. The van der Waals surface area contributed by atoms with Crippen LogP contribution >= 0.6 is 12.4 Å². The molecule has 21 heavy (non-hydrogen) atoms. The van der Waals surface area contributed by atoms with Gasteiger partial charge in [-0.15, -0.1) is 12.4 Å². The van der Waals surface area contributed by atoms with Gasteiger partial charge in [-0.1, -0.05) is 12.8 Å². The fourth-order valence-corrected chi connectivity index (χ4v) is 4.62. The number of halogens is 1. The summed E-state index contributed by atoms with van der Waals surface area (Å²) < 4.78 is 29.3. The minimum atomic E-state index is -3.13. The Morgan fingerprint density at radius 3 is 2.52 bits per heavy atom. The smallest absolute Gasteiger partial charge is 0.253 e. The molecule has 1 aliphatic heterocycles. The number of sulfone groups is 1. The zero-order valence-electron chi connectivity index (χ0n) is 12.6. The molecule has 0 aromatic heterocycles. The Hall–Kier alpha value is -0.370. The molecule has 1 heterocycles. The monoisotopic (exact) mass is 340 g/mol. The van der Waals surface area contributed by atoms with Crippen LogP contribution in [0.4, 0.5) is 0 Å². The fourth-order valence-electron chi connectivity index (χ4n) is 3.13. The van der Waals surface area contributed by atoms with E-state index in [1.807, 2.05) is 0 Å². The Morgan fingerprint density at radius 1 is 1.29 bits per heavy atom. The third kappa shape index (κ3) is 4.55. The van der Waals surface area contributed by atoms with E-state index in [-0.39, 0.29) is 24.4 Å². The van der Waals surface area contributed by atoms with E-state index < -0.39 is 21.2 Å². The van der Waals surface area contributed by atoms with E-state index in [2.05, 4.69) is 5.32 Å². The molecular weight excluding hydrogens is 316 g/mol. The highest BCUT2D eigenvalue weighted by atomic mass is 35.5. The molecule has 6 nitrogen and oxygen atoms in total. The van der Waals surface area contributed by atoms with Gasteiger partial charge in [0.15, 0.2) is 9.84 Å². The summed E-state index contributed by atoms with van der Waals surface area (Å²) in [5.74, 6) is -0.113. The molecule has 8 heteroatoms. The molecule has 0 aromatic rings. The quantitative estimate of drug-likeness (QED) is 0.795. The molecule has 1 saturated heterocycles. The number of hydrogen-bond acceptors (Lipinski definition) is 5. The van der Waals surface area contributed by atoms with Crippen molar-refractivity contribution in [3.8, 4) is 0 Å². The Bertz CT molecular complexity index is 451. The van der Waals surface area contributed by atoms with Gasteiger partial charge in [-0.3, -0.25) is 4.79 Å². The lowest BCUT2D eigenvalue weighted by Crippen LogP contribution is -2.55. The van der Waals surface area contributed by atoms with Crippen LogP contribution in [0.25, 0.3) is 0 Å². The largest absolute Gasteiger partial charge is 0.366 e. The van der Waals surface area contributed by atoms with Crippen molar-refractivity contribution >= 4 is 28.2 Å². The van der Waals surface area contributed by atoms with Crippen molar-refractivity contribution in [2.45, 2.75) is 43.1 Å². The average molecular weight is 341 g/mol. The van der Waals surface area contributed by atoms with Crippen LogP contribution in [0.15, 0.2) is 0 Å². The van der Waals surface area contributed by atoms with Crippen molar-refractivity contribution in [1.82, 2.24) is 10.2 Å². The summed E-state index contributed by atoms with van der Waals surface area (Å²) >= 11 is 0. The van der Waals surface area contributed by atoms with Gasteiger partial charge in [0.05, 0.1) is 11.9 Å². The molecule has 124 valence electrons. The molecule has 2 fully saturated rings. The Morgan fingerprint density at radius 2 is 1.95 bits per heavy atom. The molecule has 2 aliphatic rings. The Labute approximate surface area is 132 Å². The SMILES string of the molecule is CN(C(=O)C1CNCCO1)C1CCCCC1S(C)(=O)=O.Cl. The number of likely N-dealkylation sites (N-methyl/N-ethyl adjacent to an activating group) is 1. The predicted molar refractivity (Wildman–Crippen MR) is 83.5 cm³/mol. The molecule has 1 N–H and O–H groups in total. The molecule has 0 spiro atoms. The van der Waals surface area contributed by atoms with Crippen molar-refractivity contribution in [2.24, 2.45) is 0 Å². The number of amides is 1. The summed E-state index contributed by atoms with van der Waals surface area (Å²) in [6, 6.07) is -0.225. The lowest BCUT2D eigenvalue weighted by Gasteiger charge is -2.38. The highest BCUT2D eigenvalue weighted by molar-refractivity contribution is 7.91. The second-order valence-electron chi connectivity index (χ2n) is 5.73. The highest BCUT2D eigenvalue weighted by Gasteiger charge is 2.38. The summed E-state index contributed by atoms with van der Waals surface area (Å²) in [7, 11) is -1.43.